The van der Waals surface area contributed by atoms with Crippen LogP contribution in [0.2, 0.25) is 0 Å². The van der Waals surface area contributed by atoms with Gasteiger partial charge < -0.3 is 25.4 Å². The van der Waals surface area contributed by atoms with E-state index in [4.69, 9.17) is 20.3 Å². The molecule has 1 aliphatic rings. The first kappa shape index (κ1) is 16.9. The van der Waals surface area contributed by atoms with Gasteiger partial charge in [0.1, 0.15) is 17.8 Å². The van der Waals surface area contributed by atoms with E-state index in [9.17, 15) is 18.9 Å². The van der Waals surface area contributed by atoms with E-state index in [0.29, 0.717) is 0 Å². The number of carbonyl (C=O) groups excluding carboxylic acids is 1. The van der Waals surface area contributed by atoms with Gasteiger partial charge in [-0.15, -0.1) is 0 Å². The maximum absolute atomic E-state index is 14.1. The summed E-state index contributed by atoms with van der Waals surface area (Å²) in [4.78, 5) is 28.3. The fourth-order valence-electron chi connectivity index (χ4n) is 2.05. The van der Waals surface area contributed by atoms with Gasteiger partial charge in [-0.2, -0.15) is 4.57 Å². The second-order valence-corrected chi connectivity index (χ2v) is 5.93. The summed E-state index contributed by atoms with van der Waals surface area (Å²) in [6, 6.07) is 2.87. The number of hydrogen-bond acceptors (Lipinski definition) is 5. The lowest BCUT2D eigenvalue weighted by Gasteiger charge is -2.13. The highest BCUT2D eigenvalue weighted by Crippen LogP contribution is 2.38. The highest BCUT2D eigenvalue weighted by molar-refractivity contribution is 7.46. The molecule has 0 saturated carbocycles. The SMILES string of the molecule is NC(=O)c1ccc[n+]([C@@H]2O[C@H](COP(=O)(O)O)C(O)[C@@H]2F)c1. The zero-order chi connectivity index (χ0) is 16.5. The van der Waals surface area contributed by atoms with E-state index in [1.165, 1.54) is 29.1 Å². The van der Waals surface area contributed by atoms with Gasteiger partial charge in [0.15, 0.2) is 12.4 Å². The lowest BCUT2D eigenvalue weighted by molar-refractivity contribution is -0.764. The Bertz CT molecular complexity index is 610. The number of rotatable bonds is 5. The van der Waals surface area contributed by atoms with Crippen LogP contribution in [-0.2, 0) is 13.8 Å². The molecule has 0 radical (unpaired) electrons. The Morgan fingerprint density at radius 3 is 2.82 bits per heavy atom. The molecule has 122 valence electrons. The molecule has 22 heavy (non-hydrogen) atoms. The van der Waals surface area contributed by atoms with Crippen molar-refractivity contribution in [3.05, 3.63) is 30.1 Å². The van der Waals surface area contributed by atoms with Crippen LogP contribution in [0.5, 0.6) is 0 Å². The fraction of sp³-hybridized carbons (Fsp3) is 0.455. The van der Waals surface area contributed by atoms with Gasteiger partial charge in [-0.1, -0.05) is 0 Å². The molecule has 0 bridgehead atoms. The number of nitrogens with two attached hydrogens (primary N) is 1. The number of amides is 1. The van der Waals surface area contributed by atoms with Crippen LogP contribution >= 0.6 is 7.82 Å². The van der Waals surface area contributed by atoms with Crippen molar-refractivity contribution in [1.82, 2.24) is 0 Å². The van der Waals surface area contributed by atoms with Crippen LogP contribution < -0.4 is 10.3 Å². The quantitative estimate of drug-likeness (QED) is 0.389. The number of phosphoric ester groups is 1. The fourth-order valence-corrected chi connectivity index (χ4v) is 2.39. The van der Waals surface area contributed by atoms with Crippen molar-refractivity contribution in [2.45, 2.75) is 24.6 Å². The van der Waals surface area contributed by atoms with Gasteiger partial charge >= 0.3 is 7.82 Å². The van der Waals surface area contributed by atoms with Crippen molar-refractivity contribution in [1.29, 1.82) is 0 Å². The predicted molar refractivity (Wildman–Crippen MR) is 68.0 cm³/mol. The summed E-state index contributed by atoms with van der Waals surface area (Å²) in [5.74, 6) is -0.718. The Balaban J connectivity index is 2.14. The largest absolute Gasteiger partial charge is 0.469 e. The lowest BCUT2D eigenvalue weighted by atomic mass is 10.1. The Labute approximate surface area is 124 Å². The topological polar surface area (TPSA) is 143 Å². The van der Waals surface area contributed by atoms with Crippen LogP contribution in [0.4, 0.5) is 4.39 Å². The number of phosphoric acid groups is 1. The van der Waals surface area contributed by atoms with Gasteiger partial charge in [0, 0.05) is 6.07 Å². The zero-order valence-electron chi connectivity index (χ0n) is 11.2. The number of halogens is 1. The third-order valence-corrected chi connectivity index (χ3v) is 3.59. The second-order valence-electron chi connectivity index (χ2n) is 4.69. The molecule has 1 amide bonds. The number of nitrogens with zero attached hydrogens (tertiary/aromatic N) is 1. The summed E-state index contributed by atoms with van der Waals surface area (Å²) >= 11 is 0. The minimum absolute atomic E-state index is 0.114. The van der Waals surface area contributed by atoms with Crippen LogP contribution in [0.1, 0.15) is 16.6 Å². The normalized spacial score (nSPS) is 28.7. The number of pyridine rings is 1. The molecule has 1 aromatic rings. The number of aliphatic hydroxyl groups is 1. The Morgan fingerprint density at radius 1 is 1.55 bits per heavy atom. The van der Waals surface area contributed by atoms with Gasteiger partial charge in [-0.25, -0.2) is 8.96 Å². The minimum atomic E-state index is -4.76. The second kappa shape index (κ2) is 6.37. The molecule has 11 heteroatoms. The highest BCUT2D eigenvalue weighted by atomic mass is 31.2. The molecule has 1 saturated heterocycles. The molecule has 1 unspecified atom stereocenters. The van der Waals surface area contributed by atoms with E-state index in [1.54, 1.807) is 0 Å². The van der Waals surface area contributed by atoms with Crippen molar-refractivity contribution in [2.24, 2.45) is 5.73 Å². The molecule has 4 atom stereocenters. The van der Waals surface area contributed by atoms with Crippen LogP contribution in [0, 0.1) is 0 Å². The number of ether oxygens (including phenoxy) is 1. The van der Waals surface area contributed by atoms with Crippen molar-refractivity contribution in [3.8, 4) is 0 Å². The number of aliphatic hydroxyl groups excluding tert-OH is 1. The van der Waals surface area contributed by atoms with Gasteiger partial charge in [-0.3, -0.25) is 9.32 Å². The first-order valence-corrected chi connectivity index (χ1v) is 7.70. The molecule has 5 N–H and O–H groups in total. The predicted octanol–water partition coefficient (Wildman–Crippen LogP) is -1.22. The van der Waals surface area contributed by atoms with E-state index in [1.807, 2.05) is 0 Å². The Morgan fingerprint density at radius 2 is 2.23 bits per heavy atom. The number of carbonyl (C=O) groups is 1. The maximum Gasteiger partial charge on any atom is 0.469 e. The third-order valence-electron chi connectivity index (χ3n) is 3.10. The molecular formula is C11H15FN2O7P+. The summed E-state index contributed by atoms with van der Waals surface area (Å²) < 4.78 is 35.4. The Kier molecular flexibility index (Phi) is 4.90. The van der Waals surface area contributed by atoms with E-state index in [0.717, 1.165) is 0 Å². The highest BCUT2D eigenvalue weighted by Gasteiger charge is 2.50. The van der Waals surface area contributed by atoms with Crippen LogP contribution in [-0.4, -0.2) is 45.8 Å². The van der Waals surface area contributed by atoms with Crippen molar-refractivity contribution in [2.75, 3.05) is 6.61 Å². The number of alkyl halides is 1. The number of primary amides is 1. The van der Waals surface area contributed by atoms with E-state index < -0.39 is 44.9 Å². The van der Waals surface area contributed by atoms with Gasteiger partial charge in [0.05, 0.1) is 6.61 Å². The zero-order valence-corrected chi connectivity index (χ0v) is 12.0. The molecule has 0 aliphatic carbocycles. The van der Waals surface area contributed by atoms with E-state index >= 15 is 0 Å². The summed E-state index contributed by atoms with van der Waals surface area (Å²) in [6.45, 7) is -0.682. The summed E-state index contributed by atoms with van der Waals surface area (Å²) in [6.07, 6.45) is -3.40. The average molecular weight is 337 g/mol. The van der Waals surface area contributed by atoms with Crippen molar-refractivity contribution in [3.63, 3.8) is 0 Å². The first-order valence-electron chi connectivity index (χ1n) is 6.17. The molecule has 0 aromatic carbocycles. The minimum Gasteiger partial charge on any atom is -0.387 e. The van der Waals surface area contributed by atoms with Crippen LogP contribution in [0.25, 0.3) is 0 Å². The van der Waals surface area contributed by atoms with E-state index in [-0.39, 0.29) is 5.56 Å². The van der Waals surface area contributed by atoms with Gasteiger partial charge in [0.2, 0.25) is 6.17 Å². The smallest absolute Gasteiger partial charge is 0.387 e. The molecule has 2 heterocycles. The van der Waals surface area contributed by atoms with Crippen LogP contribution in [0.3, 0.4) is 0 Å². The third kappa shape index (κ3) is 3.86. The molecule has 9 nitrogen and oxygen atoms in total. The summed E-state index contributed by atoms with van der Waals surface area (Å²) in [7, 11) is -4.76. The summed E-state index contributed by atoms with van der Waals surface area (Å²) in [5.41, 5.74) is 5.24. The first-order chi connectivity index (χ1) is 10.2. The number of aromatic nitrogens is 1. The average Bonchev–Trinajstić information content (AvgIpc) is 2.72. The standard InChI is InChI=1S/C11H14FN2O7P/c12-8-9(15)7(5-20-22(17,18)19)21-11(8)14-3-1-2-6(4-14)10(13)16/h1-4,7-9,11,15H,5H2,(H3-,13,16,17,18,19)/p+1/t7-,8+,9?,11-/m1/s1. The molecule has 2 rings (SSSR count). The lowest BCUT2D eigenvalue weighted by Crippen LogP contribution is -2.45. The van der Waals surface area contributed by atoms with Gasteiger partial charge in [-0.05, 0) is 6.07 Å². The van der Waals surface area contributed by atoms with Crippen molar-refractivity contribution < 1.29 is 42.5 Å². The van der Waals surface area contributed by atoms with Crippen LogP contribution in [0.15, 0.2) is 24.5 Å². The monoisotopic (exact) mass is 337 g/mol. The molecule has 1 aliphatic heterocycles. The molecule has 0 spiro atoms. The van der Waals surface area contributed by atoms with Gasteiger partial charge in [0.25, 0.3) is 12.1 Å². The number of hydrogen-bond donors (Lipinski definition) is 4. The molecular weight excluding hydrogens is 322 g/mol. The molecule has 1 fully saturated rings. The Hall–Kier alpha value is -1.42. The summed E-state index contributed by atoms with van der Waals surface area (Å²) in [5, 5.41) is 9.73. The van der Waals surface area contributed by atoms with E-state index in [2.05, 4.69) is 4.52 Å². The van der Waals surface area contributed by atoms with Crippen molar-refractivity contribution >= 4 is 13.7 Å². The maximum atomic E-state index is 14.1. The molecule has 1 aromatic heterocycles.